The van der Waals surface area contributed by atoms with Crippen molar-refractivity contribution in [2.75, 3.05) is 0 Å². The van der Waals surface area contributed by atoms with E-state index in [1.54, 1.807) is 0 Å². The molecule has 1 aromatic heterocycles. The summed E-state index contributed by atoms with van der Waals surface area (Å²) in [6.07, 6.45) is 4.16. The Morgan fingerprint density at radius 3 is 2.76 bits per heavy atom. The maximum absolute atomic E-state index is 5.71. The summed E-state index contributed by atoms with van der Waals surface area (Å²) >= 11 is 0. The molecule has 0 unspecified atom stereocenters. The van der Waals surface area contributed by atoms with Crippen LogP contribution in [0.1, 0.15) is 25.5 Å². The minimum absolute atomic E-state index is 0.577. The Balaban J connectivity index is 1.92. The maximum atomic E-state index is 5.71. The minimum Gasteiger partial charge on any atom is -0.487 e. The number of unbranched alkanes of at least 4 members (excludes halogenated alkanes) is 1. The number of ether oxygens (including phenoxy) is 1. The van der Waals surface area contributed by atoms with E-state index in [9.17, 15) is 0 Å². The molecule has 0 saturated carbocycles. The van der Waals surface area contributed by atoms with E-state index in [1.807, 2.05) is 47.3 Å². The number of rotatable bonds is 6. The second-order valence-corrected chi connectivity index (χ2v) is 4.00. The van der Waals surface area contributed by atoms with Gasteiger partial charge in [-0.05, 0) is 24.6 Å². The van der Waals surface area contributed by atoms with Crippen molar-refractivity contribution in [3.05, 3.63) is 48.3 Å². The van der Waals surface area contributed by atoms with Crippen LogP contribution in [0.25, 0.3) is 0 Å². The highest BCUT2D eigenvalue weighted by Gasteiger charge is 2.02. The summed E-state index contributed by atoms with van der Waals surface area (Å²) in [5, 5.41) is 4.30. The minimum atomic E-state index is 0.577. The molecule has 0 fully saturated rings. The van der Waals surface area contributed by atoms with E-state index < -0.39 is 0 Å². The van der Waals surface area contributed by atoms with Crippen molar-refractivity contribution in [2.45, 2.75) is 32.9 Å². The number of aromatic nitrogens is 2. The summed E-state index contributed by atoms with van der Waals surface area (Å²) in [5.41, 5.74) is 1.13. The van der Waals surface area contributed by atoms with Crippen LogP contribution in [0.3, 0.4) is 0 Å². The number of benzene rings is 1. The third-order valence-corrected chi connectivity index (χ3v) is 2.66. The van der Waals surface area contributed by atoms with Crippen molar-refractivity contribution in [3.8, 4) is 5.75 Å². The molecule has 0 radical (unpaired) electrons. The first-order valence-corrected chi connectivity index (χ1v) is 6.08. The smallest absolute Gasteiger partial charge is 0.130 e. The molecular formula is C14H18N2O. The summed E-state index contributed by atoms with van der Waals surface area (Å²) < 4.78 is 7.73. The van der Waals surface area contributed by atoms with E-state index in [-0.39, 0.29) is 0 Å². The van der Waals surface area contributed by atoms with Gasteiger partial charge in [-0.2, -0.15) is 5.10 Å². The molecule has 1 heterocycles. The van der Waals surface area contributed by atoms with Crippen LogP contribution in [0.2, 0.25) is 0 Å². The van der Waals surface area contributed by atoms with Gasteiger partial charge in [0.15, 0.2) is 0 Å². The largest absolute Gasteiger partial charge is 0.487 e. The molecule has 0 aliphatic carbocycles. The fraction of sp³-hybridized carbons (Fsp3) is 0.357. The van der Waals surface area contributed by atoms with E-state index in [4.69, 9.17) is 4.74 Å². The zero-order valence-corrected chi connectivity index (χ0v) is 10.2. The Morgan fingerprint density at radius 2 is 2.00 bits per heavy atom. The van der Waals surface area contributed by atoms with Gasteiger partial charge in [0.05, 0.1) is 5.69 Å². The van der Waals surface area contributed by atoms with Crippen LogP contribution < -0.4 is 4.74 Å². The zero-order chi connectivity index (χ0) is 11.9. The Labute approximate surface area is 102 Å². The first kappa shape index (κ1) is 11.7. The molecule has 3 heteroatoms. The Morgan fingerprint density at radius 1 is 1.18 bits per heavy atom. The topological polar surface area (TPSA) is 27.1 Å². The molecule has 0 saturated heterocycles. The van der Waals surface area contributed by atoms with Gasteiger partial charge in [-0.1, -0.05) is 31.5 Å². The van der Waals surface area contributed by atoms with E-state index in [0.29, 0.717) is 6.61 Å². The van der Waals surface area contributed by atoms with Gasteiger partial charge in [0, 0.05) is 12.7 Å². The van der Waals surface area contributed by atoms with Gasteiger partial charge in [-0.25, -0.2) is 0 Å². The van der Waals surface area contributed by atoms with Gasteiger partial charge in [-0.15, -0.1) is 0 Å². The number of aryl methyl sites for hydroxylation is 1. The Kier molecular flexibility index (Phi) is 4.19. The van der Waals surface area contributed by atoms with Crippen molar-refractivity contribution in [3.63, 3.8) is 0 Å². The molecule has 1 aromatic carbocycles. The summed E-state index contributed by atoms with van der Waals surface area (Å²) in [6, 6.07) is 11.9. The third kappa shape index (κ3) is 3.34. The van der Waals surface area contributed by atoms with Gasteiger partial charge in [0.1, 0.15) is 12.4 Å². The van der Waals surface area contributed by atoms with Crippen molar-refractivity contribution in [1.29, 1.82) is 0 Å². The summed E-state index contributed by atoms with van der Waals surface area (Å²) in [4.78, 5) is 0. The predicted octanol–water partition coefficient (Wildman–Crippen LogP) is 3.26. The molecule has 0 atom stereocenters. The molecule has 2 rings (SSSR count). The summed E-state index contributed by atoms with van der Waals surface area (Å²) in [5.74, 6) is 0.899. The average molecular weight is 230 g/mol. The van der Waals surface area contributed by atoms with Gasteiger partial charge < -0.3 is 4.74 Å². The van der Waals surface area contributed by atoms with Crippen molar-refractivity contribution in [1.82, 2.24) is 9.78 Å². The average Bonchev–Trinajstić information content (AvgIpc) is 2.82. The van der Waals surface area contributed by atoms with Crippen molar-refractivity contribution < 1.29 is 4.74 Å². The Bertz CT molecular complexity index is 436. The molecule has 2 aromatic rings. The van der Waals surface area contributed by atoms with E-state index in [2.05, 4.69) is 12.0 Å². The molecule has 17 heavy (non-hydrogen) atoms. The zero-order valence-electron chi connectivity index (χ0n) is 10.2. The second-order valence-electron chi connectivity index (χ2n) is 4.00. The number of para-hydroxylation sites is 1. The highest BCUT2D eigenvalue weighted by Crippen LogP contribution is 2.11. The van der Waals surface area contributed by atoms with Gasteiger partial charge >= 0.3 is 0 Å². The third-order valence-electron chi connectivity index (χ3n) is 2.66. The lowest BCUT2D eigenvalue weighted by Crippen LogP contribution is -2.07. The lowest BCUT2D eigenvalue weighted by atomic mass is 10.3. The fourth-order valence-corrected chi connectivity index (χ4v) is 1.67. The molecule has 0 amide bonds. The van der Waals surface area contributed by atoms with E-state index in [1.165, 1.54) is 6.42 Å². The number of hydrogen-bond donors (Lipinski definition) is 0. The van der Waals surface area contributed by atoms with E-state index in [0.717, 1.165) is 24.4 Å². The van der Waals surface area contributed by atoms with Crippen molar-refractivity contribution in [2.24, 2.45) is 0 Å². The second kappa shape index (κ2) is 6.09. The van der Waals surface area contributed by atoms with Crippen LogP contribution in [-0.2, 0) is 13.2 Å². The monoisotopic (exact) mass is 230 g/mol. The first-order valence-electron chi connectivity index (χ1n) is 6.08. The van der Waals surface area contributed by atoms with E-state index >= 15 is 0 Å². The number of hydrogen-bond acceptors (Lipinski definition) is 2. The Hall–Kier alpha value is -1.77. The van der Waals surface area contributed by atoms with Gasteiger partial charge in [0.25, 0.3) is 0 Å². The SMILES string of the molecule is CCCCn1nccc1COc1ccccc1. The summed E-state index contributed by atoms with van der Waals surface area (Å²) in [6.45, 7) is 3.73. The maximum Gasteiger partial charge on any atom is 0.130 e. The van der Waals surface area contributed by atoms with Crippen LogP contribution >= 0.6 is 0 Å². The molecular weight excluding hydrogens is 212 g/mol. The van der Waals surface area contributed by atoms with Gasteiger partial charge in [-0.3, -0.25) is 4.68 Å². The molecule has 0 aliphatic rings. The standard InChI is InChI=1S/C14H18N2O/c1-2-3-11-16-13(9-10-15-16)12-17-14-7-5-4-6-8-14/h4-10H,2-3,11-12H2,1H3. The lowest BCUT2D eigenvalue weighted by Gasteiger charge is -2.08. The first-order chi connectivity index (χ1) is 8.40. The molecule has 90 valence electrons. The quantitative estimate of drug-likeness (QED) is 0.761. The highest BCUT2D eigenvalue weighted by atomic mass is 16.5. The van der Waals surface area contributed by atoms with Crippen LogP contribution in [0.15, 0.2) is 42.6 Å². The molecule has 0 spiro atoms. The van der Waals surface area contributed by atoms with Crippen LogP contribution in [0.5, 0.6) is 5.75 Å². The lowest BCUT2D eigenvalue weighted by molar-refractivity contribution is 0.291. The highest BCUT2D eigenvalue weighted by molar-refractivity contribution is 5.21. The molecule has 0 bridgehead atoms. The fourth-order valence-electron chi connectivity index (χ4n) is 1.67. The predicted molar refractivity (Wildman–Crippen MR) is 67.9 cm³/mol. The van der Waals surface area contributed by atoms with Crippen LogP contribution in [-0.4, -0.2) is 9.78 Å². The molecule has 0 N–H and O–H groups in total. The molecule has 3 nitrogen and oxygen atoms in total. The normalized spacial score (nSPS) is 10.4. The van der Waals surface area contributed by atoms with Crippen molar-refractivity contribution >= 4 is 0 Å². The number of nitrogens with zero attached hydrogens (tertiary/aromatic N) is 2. The van der Waals surface area contributed by atoms with Crippen LogP contribution in [0.4, 0.5) is 0 Å². The van der Waals surface area contributed by atoms with Crippen LogP contribution in [0, 0.1) is 0 Å². The van der Waals surface area contributed by atoms with Gasteiger partial charge in [0.2, 0.25) is 0 Å². The molecule has 0 aliphatic heterocycles. The summed E-state index contributed by atoms with van der Waals surface area (Å²) in [7, 11) is 0.